The summed E-state index contributed by atoms with van der Waals surface area (Å²) in [6, 6.07) is 6.00. The third kappa shape index (κ3) is 4.21. The molecule has 0 atom stereocenters. The van der Waals surface area contributed by atoms with E-state index in [9.17, 15) is 9.18 Å². The molecule has 28 heavy (non-hydrogen) atoms. The minimum absolute atomic E-state index is 0.224. The molecule has 7 nitrogen and oxygen atoms in total. The molecule has 0 aliphatic heterocycles. The number of halogens is 1. The Labute approximate surface area is 163 Å². The highest BCUT2D eigenvalue weighted by molar-refractivity contribution is 5.93. The van der Waals surface area contributed by atoms with Gasteiger partial charge in [0.2, 0.25) is 0 Å². The molecule has 0 aliphatic carbocycles. The average molecular weight is 384 g/mol. The second-order valence-electron chi connectivity index (χ2n) is 6.78. The van der Waals surface area contributed by atoms with Gasteiger partial charge in [0.15, 0.2) is 0 Å². The molecule has 0 radical (unpaired) electrons. The lowest BCUT2D eigenvalue weighted by atomic mass is 10.0. The van der Waals surface area contributed by atoms with E-state index < -0.39 is 0 Å². The van der Waals surface area contributed by atoms with Crippen molar-refractivity contribution in [2.45, 2.75) is 19.8 Å². The molecule has 0 unspecified atom stereocenters. The summed E-state index contributed by atoms with van der Waals surface area (Å²) >= 11 is 0. The van der Waals surface area contributed by atoms with Gasteiger partial charge >= 0.3 is 6.03 Å². The van der Waals surface area contributed by atoms with Crippen molar-refractivity contribution in [2.75, 3.05) is 18.9 Å². The largest absolute Gasteiger partial charge is 0.327 e. The fourth-order valence-corrected chi connectivity index (χ4v) is 3.09. The van der Waals surface area contributed by atoms with Crippen LogP contribution >= 0.6 is 0 Å². The molecule has 3 aromatic rings. The van der Waals surface area contributed by atoms with Crippen molar-refractivity contribution >= 4 is 11.8 Å². The number of urea groups is 1. The zero-order chi connectivity index (χ0) is 20.3. The molecule has 3 rings (SSSR count). The van der Waals surface area contributed by atoms with Crippen molar-refractivity contribution < 1.29 is 9.18 Å². The molecular formula is C20H25FN6O. The number of hydrogen-bond donors (Lipinski definition) is 1. The Bertz CT molecular complexity index is 960. The number of aromatic nitrogens is 4. The molecule has 2 aromatic heterocycles. The molecule has 148 valence electrons. The van der Waals surface area contributed by atoms with E-state index in [0.29, 0.717) is 25.2 Å². The van der Waals surface area contributed by atoms with Crippen molar-refractivity contribution in [3.8, 4) is 11.1 Å². The van der Waals surface area contributed by atoms with E-state index in [1.165, 1.54) is 12.1 Å². The third-order valence-electron chi connectivity index (χ3n) is 4.65. The minimum Gasteiger partial charge on any atom is -0.327 e. The fraction of sp³-hybridized carbons (Fsp3) is 0.350. The Morgan fingerprint density at radius 3 is 2.57 bits per heavy atom. The van der Waals surface area contributed by atoms with Gasteiger partial charge in [-0.25, -0.2) is 9.18 Å². The van der Waals surface area contributed by atoms with Crippen molar-refractivity contribution in [2.24, 2.45) is 14.1 Å². The summed E-state index contributed by atoms with van der Waals surface area (Å²) in [4.78, 5) is 14.3. The lowest BCUT2D eigenvalue weighted by molar-refractivity contribution is 0.223. The molecule has 8 heteroatoms. The smallest absolute Gasteiger partial charge is 0.322 e. The number of nitrogens with zero attached hydrogens (tertiary/aromatic N) is 5. The molecule has 0 saturated carbocycles. The standard InChI is InChI=1S/C20H25FN6O/c1-5-17-18(15-6-8-16(21)9-7-15)19(27(4)24-17)23-20(28)25(2)11-10-14-12-22-26(3)13-14/h6-9,12-13H,5,10-11H2,1-4H3,(H,23,28). The van der Waals surface area contributed by atoms with Crippen molar-refractivity contribution in [3.63, 3.8) is 0 Å². The maximum Gasteiger partial charge on any atom is 0.322 e. The maximum atomic E-state index is 13.3. The number of nitrogens with one attached hydrogen (secondary N) is 1. The fourth-order valence-electron chi connectivity index (χ4n) is 3.09. The molecule has 2 amide bonds. The van der Waals surface area contributed by atoms with Crippen LogP contribution in [0.15, 0.2) is 36.7 Å². The van der Waals surface area contributed by atoms with E-state index in [1.54, 1.807) is 46.7 Å². The predicted molar refractivity (Wildman–Crippen MR) is 107 cm³/mol. The van der Waals surface area contributed by atoms with Gasteiger partial charge in [0.25, 0.3) is 0 Å². The van der Waals surface area contributed by atoms with Gasteiger partial charge in [-0.15, -0.1) is 0 Å². The number of rotatable bonds is 6. The third-order valence-corrected chi connectivity index (χ3v) is 4.65. The van der Waals surface area contributed by atoms with Gasteiger partial charge in [-0.2, -0.15) is 10.2 Å². The van der Waals surface area contributed by atoms with Crippen LogP contribution in [-0.4, -0.2) is 44.1 Å². The molecule has 0 spiro atoms. The monoisotopic (exact) mass is 384 g/mol. The molecule has 0 aliphatic rings. The first-order valence-corrected chi connectivity index (χ1v) is 9.20. The van der Waals surface area contributed by atoms with Crippen LogP contribution < -0.4 is 5.32 Å². The van der Waals surface area contributed by atoms with Crippen LogP contribution in [0.1, 0.15) is 18.2 Å². The average Bonchev–Trinajstić information content (AvgIpc) is 3.23. The first kappa shape index (κ1) is 19.6. The summed E-state index contributed by atoms with van der Waals surface area (Å²) in [5, 5.41) is 11.6. The molecule has 0 saturated heterocycles. The van der Waals surface area contributed by atoms with Gasteiger partial charge in [0, 0.05) is 39.4 Å². The van der Waals surface area contributed by atoms with Gasteiger partial charge in [-0.1, -0.05) is 19.1 Å². The summed E-state index contributed by atoms with van der Waals surface area (Å²) in [6.45, 7) is 2.56. The maximum absolute atomic E-state index is 13.3. The molecule has 0 bridgehead atoms. The topological polar surface area (TPSA) is 68.0 Å². The van der Waals surface area contributed by atoms with E-state index >= 15 is 0 Å². The normalized spacial score (nSPS) is 10.9. The van der Waals surface area contributed by atoms with Crippen LogP contribution in [-0.2, 0) is 26.9 Å². The summed E-state index contributed by atoms with van der Waals surface area (Å²) in [5.74, 6) is 0.299. The van der Waals surface area contributed by atoms with Crippen LogP contribution in [0, 0.1) is 5.82 Å². The van der Waals surface area contributed by atoms with E-state index in [1.807, 2.05) is 20.2 Å². The molecule has 1 aromatic carbocycles. The zero-order valence-electron chi connectivity index (χ0n) is 16.6. The number of aryl methyl sites for hydroxylation is 3. The number of hydrogen-bond acceptors (Lipinski definition) is 3. The number of anilines is 1. The highest BCUT2D eigenvalue weighted by Crippen LogP contribution is 2.32. The number of likely N-dealkylation sites (N-methyl/N-ethyl adjacent to an activating group) is 1. The summed E-state index contributed by atoms with van der Waals surface area (Å²) in [6.07, 6.45) is 5.15. The Kier molecular flexibility index (Phi) is 5.77. The van der Waals surface area contributed by atoms with Crippen LogP contribution in [0.3, 0.4) is 0 Å². The Morgan fingerprint density at radius 2 is 1.96 bits per heavy atom. The highest BCUT2D eigenvalue weighted by Gasteiger charge is 2.20. The summed E-state index contributed by atoms with van der Waals surface area (Å²) in [5.41, 5.74) is 3.56. The summed E-state index contributed by atoms with van der Waals surface area (Å²) < 4.78 is 16.7. The molecular weight excluding hydrogens is 359 g/mol. The number of amides is 2. The number of carbonyl (C=O) groups excluding carboxylic acids is 1. The lowest BCUT2D eigenvalue weighted by Crippen LogP contribution is -2.33. The van der Waals surface area contributed by atoms with Gasteiger partial charge in [0.05, 0.1) is 11.9 Å². The highest BCUT2D eigenvalue weighted by atomic mass is 19.1. The quantitative estimate of drug-likeness (QED) is 0.709. The first-order chi connectivity index (χ1) is 13.4. The van der Waals surface area contributed by atoms with Gasteiger partial charge in [0.1, 0.15) is 11.6 Å². The summed E-state index contributed by atoms with van der Waals surface area (Å²) in [7, 11) is 5.41. The second kappa shape index (κ2) is 8.24. The van der Waals surface area contributed by atoms with Crippen LogP contribution in [0.2, 0.25) is 0 Å². The van der Waals surface area contributed by atoms with Gasteiger partial charge < -0.3 is 4.90 Å². The number of carbonyl (C=O) groups is 1. The SMILES string of the molecule is CCc1nn(C)c(NC(=O)N(C)CCc2cnn(C)c2)c1-c1ccc(F)cc1. The predicted octanol–water partition coefficient (Wildman–Crippen LogP) is 3.23. The molecule has 2 heterocycles. The molecule has 1 N–H and O–H groups in total. The van der Waals surface area contributed by atoms with Crippen LogP contribution in [0.5, 0.6) is 0 Å². The Morgan fingerprint density at radius 1 is 1.25 bits per heavy atom. The lowest BCUT2D eigenvalue weighted by Gasteiger charge is -2.18. The van der Waals surface area contributed by atoms with Crippen molar-refractivity contribution in [3.05, 3.63) is 53.7 Å². The van der Waals surface area contributed by atoms with E-state index in [4.69, 9.17) is 0 Å². The van der Waals surface area contributed by atoms with E-state index in [-0.39, 0.29) is 11.8 Å². The van der Waals surface area contributed by atoms with E-state index in [2.05, 4.69) is 15.5 Å². The Hall–Kier alpha value is -3.16. The number of benzene rings is 1. The second-order valence-corrected chi connectivity index (χ2v) is 6.78. The minimum atomic E-state index is -0.300. The van der Waals surface area contributed by atoms with Crippen molar-refractivity contribution in [1.82, 2.24) is 24.5 Å². The van der Waals surface area contributed by atoms with Crippen molar-refractivity contribution in [1.29, 1.82) is 0 Å². The molecule has 0 fully saturated rings. The van der Waals surface area contributed by atoms with Gasteiger partial charge in [-0.3, -0.25) is 14.7 Å². The van der Waals surface area contributed by atoms with Gasteiger partial charge in [-0.05, 0) is 36.1 Å². The van der Waals surface area contributed by atoms with Crippen LogP contribution in [0.4, 0.5) is 15.0 Å². The Balaban J connectivity index is 1.78. The first-order valence-electron chi connectivity index (χ1n) is 9.20. The zero-order valence-corrected chi connectivity index (χ0v) is 16.6. The van der Waals surface area contributed by atoms with E-state index in [0.717, 1.165) is 22.4 Å². The van der Waals surface area contributed by atoms with Crippen LogP contribution in [0.25, 0.3) is 11.1 Å².